The minimum absolute atomic E-state index is 0.121. The first-order valence-corrected chi connectivity index (χ1v) is 12.0. The zero-order chi connectivity index (χ0) is 20.4. The second-order valence-corrected chi connectivity index (χ2v) is 10.4. The molecule has 1 aromatic carbocycles. The molecule has 2 aliphatic rings. The minimum Gasteiger partial charge on any atom is -0.326 e. The fourth-order valence-electron chi connectivity index (χ4n) is 3.80. The van der Waals surface area contributed by atoms with Gasteiger partial charge in [0.25, 0.3) is 10.0 Å². The highest BCUT2D eigenvalue weighted by Gasteiger charge is 2.33. The molecule has 7 nitrogen and oxygen atoms in total. The summed E-state index contributed by atoms with van der Waals surface area (Å²) >= 11 is 1.19. The Kier molecular flexibility index (Phi) is 5.71. The Bertz CT molecular complexity index is 987. The highest BCUT2D eigenvalue weighted by atomic mass is 32.2. The van der Waals surface area contributed by atoms with E-state index in [1.165, 1.54) is 15.6 Å². The van der Waals surface area contributed by atoms with E-state index in [4.69, 9.17) is 0 Å². The molecule has 2 aromatic rings. The topological polar surface area (TPSA) is 86.8 Å². The molecule has 0 radical (unpaired) electrons. The summed E-state index contributed by atoms with van der Waals surface area (Å²) in [6.07, 6.45) is 2.75. The summed E-state index contributed by atoms with van der Waals surface area (Å²) in [5.74, 6) is -0.449. The molecular weight excluding hydrogens is 410 g/mol. The van der Waals surface area contributed by atoms with Crippen LogP contribution in [0.25, 0.3) is 0 Å². The standard InChI is InChI=1S/C20H23N3O4S2/c24-18-5-2-12-23(18)17-9-7-16(8-10-17)21-20(25)15-4-1-11-22(14-15)29(26,27)19-6-3-13-28-19/h3,6-10,13,15H,1-2,4-5,11-12,14H2,(H,21,25)/t15-/m0/s1. The van der Waals surface area contributed by atoms with Gasteiger partial charge in [-0.15, -0.1) is 11.3 Å². The van der Waals surface area contributed by atoms with Crippen LogP contribution in [0.2, 0.25) is 0 Å². The lowest BCUT2D eigenvalue weighted by atomic mass is 9.98. The van der Waals surface area contributed by atoms with Crippen LogP contribution in [0.5, 0.6) is 0 Å². The Morgan fingerprint density at radius 1 is 1.10 bits per heavy atom. The van der Waals surface area contributed by atoms with Gasteiger partial charge in [0, 0.05) is 37.4 Å². The van der Waals surface area contributed by atoms with Crippen LogP contribution in [0.15, 0.2) is 46.0 Å². The van der Waals surface area contributed by atoms with Crippen molar-refractivity contribution in [2.45, 2.75) is 29.9 Å². The monoisotopic (exact) mass is 433 g/mol. The summed E-state index contributed by atoms with van der Waals surface area (Å²) in [4.78, 5) is 26.3. The third-order valence-corrected chi connectivity index (χ3v) is 8.60. The molecule has 9 heteroatoms. The zero-order valence-corrected chi connectivity index (χ0v) is 17.5. The van der Waals surface area contributed by atoms with Gasteiger partial charge in [-0.25, -0.2) is 8.42 Å². The Hall–Kier alpha value is -2.23. The summed E-state index contributed by atoms with van der Waals surface area (Å²) in [6.45, 7) is 1.34. The number of benzene rings is 1. The van der Waals surface area contributed by atoms with Crippen molar-refractivity contribution in [2.24, 2.45) is 5.92 Å². The maximum atomic E-state index is 12.7. The number of anilines is 2. The molecule has 0 aliphatic carbocycles. The van der Waals surface area contributed by atoms with E-state index in [0.717, 1.165) is 18.7 Å². The molecule has 0 unspecified atom stereocenters. The SMILES string of the molecule is O=C(Nc1ccc(N2CCCC2=O)cc1)[C@H]1CCCN(S(=O)(=O)c2cccs2)C1. The van der Waals surface area contributed by atoms with E-state index in [0.29, 0.717) is 35.7 Å². The summed E-state index contributed by atoms with van der Waals surface area (Å²) in [7, 11) is -3.54. The van der Waals surface area contributed by atoms with Crippen LogP contribution in [-0.4, -0.2) is 44.2 Å². The van der Waals surface area contributed by atoms with Crippen LogP contribution in [0.3, 0.4) is 0 Å². The second kappa shape index (κ2) is 8.25. The lowest BCUT2D eigenvalue weighted by Gasteiger charge is -2.30. The molecule has 2 aliphatic heterocycles. The van der Waals surface area contributed by atoms with Crippen molar-refractivity contribution in [3.8, 4) is 0 Å². The van der Waals surface area contributed by atoms with Gasteiger partial charge >= 0.3 is 0 Å². The molecule has 1 aromatic heterocycles. The number of sulfonamides is 1. The van der Waals surface area contributed by atoms with Crippen LogP contribution in [0.1, 0.15) is 25.7 Å². The molecule has 1 atom stereocenters. The van der Waals surface area contributed by atoms with Gasteiger partial charge in [0.15, 0.2) is 0 Å². The summed E-state index contributed by atoms with van der Waals surface area (Å²) < 4.78 is 27.2. The lowest BCUT2D eigenvalue weighted by Crippen LogP contribution is -2.43. The first-order valence-electron chi connectivity index (χ1n) is 9.70. The van der Waals surface area contributed by atoms with Crippen molar-refractivity contribution in [3.05, 3.63) is 41.8 Å². The quantitative estimate of drug-likeness (QED) is 0.786. The van der Waals surface area contributed by atoms with Crippen molar-refractivity contribution in [3.63, 3.8) is 0 Å². The second-order valence-electron chi connectivity index (χ2n) is 7.32. The van der Waals surface area contributed by atoms with Crippen LogP contribution in [-0.2, 0) is 19.6 Å². The third kappa shape index (κ3) is 4.22. The molecule has 1 N–H and O–H groups in total. The minimum atomic E-state index is -3.54. The number of hydrogen-bond acceptors (Lipinski definition) is 5. The smallest absolute Gasteiger partial charge is 0.252 e. The van der Waals surface area contributed by atoms with Gasteiger partial charge in [0.2, 0.25) is 11.8 Å². The van der Waals surface area contributed by atoms with E-state index >= 15 is 0 Å². The highest BCUT2D eigenvalue weighted by molar-refractivity contribution is 7.91. The average molecular weight is 434 g/mol. The Morgan fingerprint density at radius 2 is 1.90 bits per heavy atom. The van der Waals surface area contributed by atoms with E-state index in [2.05, 4.69) is 5.32 Å². The summed E-state index contributed by atoms with van der Waals surface area (Å²) in [6, 6.07) is 10.5. The third-order valence-electron chi connectivity index (χ3n) is 5.36. The molecular formula is C20H23N3O4S2. The zero-order valence-electron chi connectivity index (χ0n) is 15.9. The van der Waals surface area contributed by atoms with E-state index in [1.807, 2.05) is 12.1 Å². The molecule has 0 spiro atoms. The van der Waals surface area contributed by atoms with Gasteiger partial charge in [-0.1, -0.05) is 6.07 Å². The maximum Gasteiger partial charge on any atom is 0.252 e. The van der Waals surface area contributed by atoms with Crippen molar-refractivity contribution in [1.82, 2.24) is 4.31 Å². The predicted octanol–water partition coefficient (Wildman–Crippen LogP) is 2.91. The fourth-order valence-corrected chi connectivity index (χ4v) is 6.47. The van der Waals surface area contributed by atoms with Gasteiger partial charge < -0.3 is 10.2 Å². The van der Waals surface area contributed by atoms with Crippen molar-refractivity contribution < 1.29 is 18.0 Å². The molecule has 2 amide bonds. The molecule has 3 heterocycles. The highest BCUT2D eigenvalue weighted by Crippen LogP contribution is 2.28. The first kappa shape index (κ1) is 20.1. The van der Waals surface area contributed by atoms with Crippen molar-refractivity contribution >= 4 is 44.5 Å². The van der Waals surface area contributed by atoms with Gasteiger partial charge in [-0.3, -0.25) is 9.59 Å². The fraction of sp³-hybridized carbons (Fsp3) is 0.400. The molecule has 4 rings (SSSR count). The maximum absolute atomic E-state index is 12.7. The number of carbonyl (C=O) groups is 2. The number of nitrogens with zero attached hydrogens (tertiary/aromatic N) is 2. The molecule has 2 fully saturated rings. The Balaban J connectivity index is 1.40. The molecule has 2 saturated heterocycles. The first-order chi connectivity index (χ1) is 13.9. The summed E-state index contributed by atoms with van der Waals surface area (Å²) in [5, 5.41) is 4.62. The van der Waals surface area contributed by atoms with E-state index < -0.39 is 15.9 Å². The predicted molar refractivity (Wildman–Crippen MR) is 112 cm³/mol. The van der Waals surface area contributed by atoms with Gasteiger partial charge in [0.05, 0.1) is 5.92 Å². The molecule has 0 bridgehead atoms. The lowest BCUT2D eigenvalue weighted by molar-refractivity contribution is -0.121. The molecule has 29 heavy (non-hydrogen) atoms. The molecule has 0 saturated carbocycles. The Morgan fingerprint density at radius 3 is 2.55 bits per heavy atom. The Labute approximate surface area is 174 Å². The van der Waals surface area contributed by atoms with E-state index in [1.54, 1.807) is 34.5 Å². The number of nitrogens with one attached hydrogen (secondary N) is 1. The number of amides is 2. The van der Waals surface area contributed by atoms with Crippen molar-refractivity contribution in [1.29, 1.82) is 0 Å². The number of carbonyl (C=O) groups excluding carboxylic acids is 2. The summed E-state index contributed by atoms with van der Waals surface area (Å²) in [5.41, 5.74) is 1.47. The number of piperidine rings is 1. The van der Waals surface area contributed by atoms with Gasteiger partial charge in [0.1, 0.15) is 4.21 Å². The number of hydrogen-bond donors (Lipinski definition) is 1. The number of thiophene rings is 1. The van der Waals surface area contributed by atoms with E-state index in [9.17, 15) is 18.0 Å². The average Bonchev–Trinajstić information content (AvgIpc) is 3.41. The van der Waals surface area contributed by atoms with E-state index in [-0.39, 0.29) is 18.4 Å². The largest absolute Gasteiger partial charge is 0.326 e. The normalized spacial score (nSPS) is 20.8. The van der Waals surface area contributed by atoms with Crippen LogP contribution in [0, 0.1) is 5.92 Å². The molecule has 154 valence electrons. The number of rotatable bonds is 5. The van der Waals surface area contributed by atoms with Gasteiger partial charge in [-0.05, 0) is 55.0 Å². The van der Waals surface area contributed by atoms with Crippen LogP contribution < -0.4 is 10.2 Å². The van der Waals surface area contributed by atoms with Crippen molar-refractivity contribution in [2.75, 3.05) is 29.9 Å². The van der Waals surface area contributed by atoms with Crippen LogP contribution in [0.4, 0.5) is 11.4 Å². The van der Waals surface area contributed by atoms with Gasteiger partial charge in [-0.2, -0.15) is 4.31 Å². The van der Waals surface area contributed by atoms with Crippen LogP contribution >= 0.6 is 11.3 Å².